The Bertz CT molecular complexity index is 412. The normalized spacial score (nSPS) is 20.4. The number of piperidine rings is 1. The van der Waals surface area contributed by atoms with Crippen LogP contribution in [0.2, 0.25) is 0 Å². The lowest BCUT2D eigenvalue weighted by molar-refractivity contribution is 0.112. The molecule has 3 nitrogen and oxygen atoms in total. The second-order valence-corrected chi connectivity index (χ2v) is 5.93. The van der Waals surface area contributed by atoms with E-state index in [1.54, 1.807) is 0 Å². The number of nitrogens with zero attached hydrogens (tertiary/aromatic N) is 3. The largest absolute Gasteiger partial charge is 0.357 e. The van der Waals surface area contributed by atoms with Crippen LogP contribution in [-0.4, -0.2) is 35.6 Å². The third-order valence-corrected chi connectivity index (χ3v) is 4.45. The van der Waals surface area contributed by atoms with Gasteiger partial charge in [-0.2, -0.15) is 0 Å². The van der Waals surface area contributed by atoms with E-state index in [1.165, 1.54) is 37.2 Å². The summed E-state index contributed by atoms with van der Waals surface area (Å²) in [4.78, 5) is 9.71. The number of anilines is 1. The molecule has 0 aromatic carbocycles. The SMILES string of the molecule is CCN(CC)c1ncccc1[C@H]1CCCCN1C(C)C. The molecule has 1 fully saturated rings. The summed E-state index contributed by atoms with van der Waals surface area (Å²) in [5, 5.41) is 0. The Hall–Kier alpha value is -1.09. The predicted molar refractivity (Wildman–Crippen MR) is 86.2 cm³/mol. The second kappa shape index (κ2) is 7.07. The minimum absolute atomic E-state index is 0.535. The number of likely N-dealkylation sites (tertiary alicyclic amines) is 1. The molecule has 0 N–H and O–H groups in total. The van der Waals surface area contributed by atoms with Crippen LogP contribution < -0.4 is 4.90 Å². The molecule has 0 bridgehead atoms. The van der Waals surface area contributed by atoms with Gasteiger partial charge in [0.2, 0.25) is 0 Å². The lowest BCUT2D eigenvalue weighted by Gasteiger charge is -2.40. The van der Waals surface area contributed by atoms with Crippen molar-refractivity contribution in [2.45, 2.75) is 59.0 Å². The van der Waals surface area contributed by atoms with Crippen molar-refractivity contribution in [1.82, 2.24) is 9.88 Å². The van der Waals surface area contributed by atoms with Gasteiger partial charge in [0.05, 0.1) is 0 Å². The van der Waals surface area contributed by atoms with Crippen molar-refractivity contribution >= 4 is 5.82 Å². The van der Waals surface area contributed by atoms with Gasteiger partial charge in [0.15, 0.2) is 0 Å². The zero-order chi connectivity index (χ0) is 14.5. The van der Waals surface area contributed by atoms with Gasteiger partial charge in [-0.15, -0.1) is 0 Å². The number of hydrogen-bond acceptors (Lipinski definition) is 3. The van der Waals surface area contributed by atoms with Crippen LogP contribution in [0, 0.1) is 0 Å². The van der Waals surface area contributed by atoms with E-state index >= 15 is 0 Å². The fourth-order valence-corrected chi connectivity index (χ4v) is 3.36. The van der Waals surface area contributed by atoms with Crippen molar-refractivity contribution < 1.29 is 0 Å². The van der Waals surface area contributed by atoms with Gasteiger partial charge >= 0.3 is 0 Å². The third kappa shape index (κ3) is 3.14. The molecule has 1 aromatic rings. The van der Waals surface area contributed by atoms with E-state index in [-0.39, 0.29) is 0 Å². The summed E-state index contributed by atoms with van der Waals surface area (Å²) in [6.07, 6.45) is 5.86. The molecular weight excluding hydrogens is 246 g/mol. The van der Waals surface area contributed by atoms with Crippen LogP contribution in [0.4, 0.5) is 5.82 Å². The highest BCUT2D eigenvalue weighted by atomic mass is 15.2. The fraction of sp³-hybridized carbons (Fsp3) is 0.706. The Balaban J connectivity index is 2.35. The van der Waals surface area contributed by atoms with Crippen LogP contribution >= 0.6 is 0 Å². The van der Waals surface area contributed by atoms with Crippen LogP contribution in [0.5, 0.6) is 0 Å². The van der Waals surface area contributed by atoms with Crippen molar-refractivity contribution in [2.75, 3.05) is 24.5 Å². The Morgan fingerprint density at radius 2 is 2.05 bits per heavy atom. The van der Waals surface area contributed by atoms with E-state index in [2.05, 4.69) is 54.6 Å². The molecule has 112 valence electrons. The van der Waals surface area contributed by atoms with Crippen LogP contribution in [0.25, 0.3) is 0 Å². The highest BCUT2D eigenvalue weighted by Gasteiger charge is 2.28. The molecule has 0 aliphatic carbocycles. The second-order valence-electron chi connectivity index (χ2n) is 5.93. The maximum atomic E-state index is 4.69. The highest BCUT2D eigenvalue weighted by molar-refractivity contribution is 5.48. The number of rotatable bonds is 5. The average Bonchev–Trinajstić information content (AvgIpc) is 2.49. The van der Waals surface area contributed by atoms with Gasteiger partial charge in [0.1, 0.15) is 5.82 Å². The Labute approximate surface area is 124 Å². The Morgan fingerprint density at radius 1 is 1.30 bits per heavy atom. The minimum atomic E-state index is 0.535. The quantitative estimate of drug-likeness (QED) is 0.813. The lowest BCUT2D eigenvalue weighted by atomic mass is 9.94. The smallest absolute Gasteiger partial charge is 0.133 e. The molecule has 0 amide bonds. The number of hydrogen-bond donors (Lipinski definition) is 0. The first kappa shape index (κ1) is 15.3. The molecular formula is C17H29N3. The van der Waals surface area contributed by atoms with E-state index in [0.29, 0.717) is 12.1 Å². The molecule has 1 aliphatic rings. The van der Waals surface area contributed by atoms with Gasteiger partial charge in [-0.25, -0.2) is 4.98 Å². The monoisotopic (exact) mass is 275 g/mol. The van der Waals surface area contributed by atoms with Crippen molar-refractivity contribution in [2.24, 2.45) is 0 Å². The molecule has 0 radical (unpaired) electrons. The molecule has 2 heterocycles. The Kier molecular flexibility index (Phi) is 5.41. The maximum absolute atomic E-state index is 4.69. The molecule has 1 atom stereocenters. The summed E-state index contributed by atoms with van der Waals surface area (Å²) in [6, 6.07) is 5.51. The first-order valence-electron chi connectivity index (χ1n) is 8.14. The molecule has 1 aliphatic heterocycles. The predicted octanol–water partition coefficient (Wildman–Crippen LogP) is 3.86. The third-order valence-electron chi connectivity index (χ3n) is 4.45. The van der Waals surface area contributed by atoms with Gasteiger partial charge in [0, 0.05) is 36.9 Å². The van der Waals surface area contributed by atoms with Crippen molar-refractivity contribution in [3.63, 3.8) is 0 Å². The van der Waals surface area contributed by atoms with Crippen LogP contribution in [0.3, 0.4) is 0 Å². The van der Waals surface area contributed by atoms with Crippen molar-refractivity contribution in [3.05, 3.63) is 23.9 Å². The molecule has 2 rings (SSSR count). The summed E-state index contributed by atoms with van der Waals surface area (Å²) >= 11 is 0. The van der Waals surface area contributed by atoms with Gasteiger partial charge < -0.3 is 4.90 Å². The summed E-state index contributed by atoms with van der Waals surface area (Å²) in [5.41, 5.74) is 1.42. The summed E-state index contributed by atoms with van der Waals surface area (Å²) in [7, 11) is 0. The first-order chi connectivity index (χ1) is 9.69. The van der Waals surface area contributed by atoms with Crippen molar-refractivity contribution in [3.8, 4) is 0 Å². The topological polar surface area (TPSA) is 19.4 Å². The highest BCUT2D eigenvalue weighted by Crippen LogP contribution is 2.36. The fourth-order valence-electron chi connectivity index (χ4n) is 3.36. The molecule has 0 unspecified atom stereocenters. The van der Waals surface area contributed by atoms with E-state index < -0.39 is 0 Å². The zero-order valence-corrected chi connectivity index (χ0v) is 13.5. The molecule has 1 saturated heterocycles. The van der Waals surface area contributed by atoms with E-state index in [9.17, 15) is 0 Å². The van der Waals surface area contributed by atoms with Gasteiger partial charge in [-0.1, -0.05) is 12.5 Å². The average molecular weight is 275 g/mol. The van der Waals surface area contributed by atoms with Gasteiger partial charge in [0.25, 0.3) is 0 Å². The standard InChI is InChI=1S/C17H29N3/c1-5-19(6-2)17-15(10-9-12-18-17)16-11-7-8-13-20(16)14(3)4/h9-10,12,14,16H,5-8,11,13H2,1-4H3/t16-/m1/s1. The molecule has 3 heteroatoms. The molecule has 0 spiro atoms. The minimum Gasteiger partial charge on any atom is -0.357 e. The van der Waals surface area contributed by atoms with E-state index in [0.717, 1.165) is 13.1 Å². The summed E-state index contributed by atoms with van der Waals surface area (Å²) in [5.74, 6) is 1.19. The molecule has 1 aromatic heterocycles. The van der Waals surface area contributed by atoms with E-state index in [4.69, 9.17) is 0 Å². The zero-order valence-electron chi connectivity index (χ0n) is 13.5. The van der Waals surface area contributed by atoms with E-state index in [1.807, 2.05) is 6.20 Å². The molecule has 0 saturated carbocycles. The van der Waals surface area contributed by atoms with Crippen LogP contribution in [-0.2, 0) is 0 Å². The summed E-state index contributed by atoms with van der Waals surface area (Å²) < 4.78 is 0. The number of pyridine rings is 1. The van der Waals surface area contributed by atoms with Crippen LogP contribution in [0.15, 0.2) is 18.3 Å². The lowest BCUT2D eigenvalue weighted by Crippen LogP contribution is -2.39. The van der Waals surface area contributed by atoms with Crippen molar-refractivity contribution in [1.29, 1.82) is 0 Å². The molecule has 20 heavy (non-hydrogen) atoms. The van der Waals surface area contributed by atoms with Crippen LogP contribution in [0.1, 0.15) is 58.6 Å². The Morgan fingerprint density at radius 3 is 2.70 bits per heavy atom. The maximum Gasteiger partial charge on any atom is 0.133 e. The first-order valence-corrected chi connectivity index (χ1v) is 8.14. The summed E-state index contributed by atoms with van der Waals surface area (Å²) in [6.45, 7) is 12.3. The van der Waals surface area contributed by atoms with Gasteiger partial charge in [-0.05, 0) is 53.1 Å². The number of aromatic nitrogens is 1. The van der Waals surface area contributed by atoms with Gasteiger partial charge in [-0.3, -0.25) is 4.90 Å².